The number of benzene rings is 2. The lowest BCUT2D eigenvalue weighted by Crippen LogP contribution is -2.22. The van der Waals surface area contributed by atoms with Crippen molar-refractivity contribution in [1.29, 1.82) is 0 Å². The number of hydrogen-bond acceptors (Lipinski definition) is 1. The zero-order valence-corrected chi connectivity index (χ0v) is 11.8. The predicted molar refractivity (Wildman–Crippen MR) is 77.7 cm³/mol. The Balaban J connectivity index is 1.81. The summed E-state index contributed by atoms with van der Waals surface area (Å²) in [6, 6.07) is 11.2. The van der Waals surface area contributed by atoms with Crippen molar-refractivity contribution in [3.8, 4) is 0 Å². The second kappa shape index (κ2) is 5.26. The number of para-hydroxylation sites is 1. The van der Waals surface area contributed by atoms with Gasteiger partial charge in [0.15, 0.2) is 0 Å². The Morgan fingerprint density at radius 1 is 1.00 bits per heavy atom. The molecule has 1 N–H and O–H groups in total. The Kier molecular flexibility index (Phi) is 3.57. The van der Waals surface area contributed by atoms with Gasteiger partial charge in [0.25, 0.3) is 0 Å². The van der Waals surface area contributed by atoms with Crippen LogP contribution in [0.1, 0.15) is 16.7 Å². The molecule has 2 aromatic rings. The second-order valence-corrected chi connectivity index (χ2v) is 5.64. The molecule has 3 rings (SSSR count). The Labute approximate surface area is 125 Å². The molecule has 1 unspecified atom stereocenters. The molecule has 0 radical (unpaired) electrons. The number of hydrogen-bond donors (Lipinski definition) is 1. The van der Waals surface area contributed by atoms with Crippen LogP contribution in [0, 0.1) is 0 Å². The fraction of sp³-hybridized carbons (Fsp3) is 0.250. The first-order valence-electron chi connectivity index (χ1n) is 6.63. The maximum atomic E-state index is 13.0. The lowest BCUT2D eigenvalue weighted by molar-refractivity contribution is -0.137. The highest BCUT2D eigenvalue weighted by atomic mass is 35.5. The van der Waals surface area contributed by atoms with E-state index in [1.165, 1.54) is 12.1 Å². The number of anilines is 1. The van der Waals surface area contributed by atoms with Crippen molar-refractivity contribution >= 4 is 17.3 Å². The maximum Gasteiger partial charge on any atom is 0.418 e. The van der Waals surface area contributed by atoms with Gasteiger partial charge in [-0.3, -0.25) is 0 Å². The van der Waals surface area contributed by atoms with Crippen LogP contribution in [0.5, 0.6) is 0 Å². The number of halogens is 4. The number of rotatable bonds is 2. The normalized spacial score (nSPS) is 17.6. The largest absolute Gasteiger partial charge is 0.418 e. The molecule has 110 valence electrons. The number of alkyl halides is 3. The summed E-state index contributed by atoms with van der Waals surface area (Å²) >= 11 is 5.95. The van der Waals surface area contributed by atoms with Crippen LogP contribution in [0.25, 0.3) is 0 Å². The van der Waals surface area contributed by atoms with Crippen molar-refractivity contribution in [3.63, 3.8) is 0 Å². The van der Waals surface area contributed by atoms with Gasteiger partial charge in [0, 0.05) is 16.8 Å². The van der Waals surface area contributed by atoms with Gasteiger partial charge in [0.1, 0.15) is 0 Å². The highest BCUT2D eigenvalue weighted by Crippen LogP contribution is 2.36. The Morgan fingerprint density at radius 3 is 2.48 bits per heavy atom. The fourth-order valence-electron chi connectivity index (χ4n) is 2.76. The molecule has 2 aromatic carbocycles. The van der Waals surface area contributed by atoms with Crippen LogP contribution in [0.15, 0.2) is 42.5 Å². The monoisotopic (exact) mass is 311 g/mol. The van der Waals surface area contributed by atoms with Gasteiger partial charge >= 0.3 is 6.18 Å². The van der Waals surface area contributed by atoms with Crippen molar-refractivity contribution in [3.05, 3.63) is 64.2 Å². The van der Waals surface area contributed by atoms with E-state index in [1.807, 2.05) is 18.2 Å². The molecule has 0 fully saturated rings. The number of nitrogens with one attached hydrogen (secondary N) is 1. The van der Waals surface area contributed by atoms with E-state index in [0.29, 0.717) is 17.9 Å². The van der Waals surface area contributed by atoms with Gasteiger partial charge in [-0.2, -0.15) is 13.2 Å². The van der Waals surface area contributed by atoms with Gasteiger partial charge in [0.2, 0.25) is 0 Å². The van der Waals surface area contributed by atoms with Crippen molar-refractivity contribution < 1.29 is 13.2 Å². The first-order valence-corrected chi connectivity index (χ1v) is 7.01. The average molecular weight is 312 g/mol. The topological polar surface area (TPSA) is 12.0 Å². The Morgan fingerprint density at radius 2 is 1.71 bits per heavy atom. The standard InChI is InChI=1S/C16H13ClF3N/c17-12-6-5-10-8-13(9-11(10)7-12)21-15-4-2-1-3-14(15)16(18,19)20/h1-7,13,21H,8-9H2. The van der Waals surface area contributed by atoms with Crippen LogP contribution < -0.4 is 5.32 Å². The first-order chi connectivity index (χ1) is 9.93. The van der Waals surface area contributed by atoms with Crippen molar-refractivity contribution in [2.75, 3.05) is 5.32 Å². The predicted octanol–water partition coefficient (Wildman–Crippen LogP) is 4.94. The van der Waals surface area contributed by atoms with Crippen LogP contribution in [0.4, 0.5) is 18.9 Å². The molecule has 0 aliphatic heterocycles. The first kappa shape index (κ1) is 14.3. The third-order valence-electron chi connectivity index (χ3n) is 3.69. The van der Waals surface area contributed by atoms with E-state index >= 15 is 0 Å². The Hall–Kier alpha value is -1.68. The summed E-state index contributed by atoms with van der Waals surface area (Å²) in [6.07, 6.45) is -2.96. The molecule has 5 heteroatoms. The van der Waals surface area contributed by atoms with Gasteiger partial charge in [-0.1, -0.05) is 29.8 Å². The highest BCUT2D eigenvalue weighted by molar-refractivity contribution is 6.30. The van der Waals surface area contributed by atoms with Crippen molar-refractivity contribution in [1.82, 2.24) is 0 Å². The fourth-order valence-corrected chi connectivity index (χ4v) is 2.96. The van der Waals surface area contributed by atoms with Gasteiger partial charge in [-0.05, 0) is 48.2 Å². The summed E-state index contributed by atoms with van der Waals surface area (Å²) in [6.45, 7) is 0. The van der Waals surface area contributed by atoms with Gasteiger partial charge < -0.3 is 5.32 Å². The molecule has 0 amide bonds. The lowest BCUT2D eigenvalue weighted by atomic mass is 10.1. The van der Waals surface area contributed by atoms with E-state index in [4.69, 9.17) is 11.6 Å². The summed E-state index contributed by atoms with van der Waals surface area (Å²) in [7, 11) is 0. The van der Waals surface area contributed by atoms with E-state index in [2.05, 4.69) is 5.32 Å². The lowest BCUT2D eigenvalue weighted by Gasteiger charge is -2.18. The molecular formula is C16H13ClF3N. The molecule has 0 bridgehead atoms. The third kappa shape index (κ3) is 3.00. The third-order valence-corrected chi connectivity index (χ3v) is 3.93. The van der Waals surface area contributed by atoms with E-state index in [0.717, 1.165) is 17.2 Å². The van der Waals surface area contributed by atoms with E-state index < -0.39 is 11.7 Å². The van der Waals surface area contributed by atoms with Crippen LogP contribution in [-0.4, -0.2) is 6.04 Å². The second-order valence-electron chi connectivity index (χ2n) is 5.21. The highest BCUT2D eigenvalue weighted by Gasteiger charge is 2.34. The van der Waals surface area contributed by atoms with Gasteiger partial charge in [-0.25, -0.2) is 0 Å². The van der Waals surface area contributed by atoms with Gasteiger partial charge in [-0.15, -0.1) is 0 Å². The molecule has 0 aromatic heterocycles. The van der Waals surface area contributed by atoms with Crippen LogP contribution in [-0.2, 0) is 19.0 Å². The van der Waals surface area contributed by atoms with Crippen LogP contribution in [0.3, 0.4) is 0 Å². The maximum absolute atomic E-state index is 13.0. The SMILES string of the molecule is FC(F)(F)c1ccccc1NC1Cc2ccc(Cl)cc2C1. The molecule has 0 saturated carbocycles. The van der Waals surface area contributed by atoms with Gasteiger partial charge in [0.05, 0.1) is 5.56 Å². The minimum absolute atomic E-state index is 0.0398. The average Bonchev–Trinajstić information content (AvgIpc) is 2.79. The van der Waals surface area contributed by atoms with E-state index in [1.54, 1.807) is 6.07 Å². The molecular weight excluding hydrogens is 299 g/mol. The summed E-state index contributed by atoms with van der Waals surface area (Å²) in [5, 5.41) is 3.68. The zero-order valence-electron chi connectivity index (χ0n) is 11.0. The zero-order chi connectivity index (χ0) is 15.0. The quantitative estimate of drug-likeness (QED) is 0.828. The number of fused-ring (bicyclic) bond motifs is 1. The molecule has 0 heterocycles. The minimum Gasteiger partial charge on any atom is -0.381 e. The smallest absolute Gasteiger partial charge is 0.381 e. The summed E-state index contributed by atoms with van der Waals surface area (Å²) in [4.78, 5) is 0. The van der Waals surface area contributed by atoms with E-state index in [-0.39, 0.29) is 11.7 Å². The summed E-state index contributed by atoms with van der Waals surface area (Å²) < 4.78 is 38.9. The van der Waals surface area contributed by atoms with Crippen molar-refractivity contribution in [2.45, 2.75) is 25.1 Å². The summed E-state index contributed by atoms with van der Waals surface area (Å²) in [5.74, 6) is 0. The molecule has 1 atom stereocenters. The molecule has 21 heavy (non-hydrogen) atoms. The minimum atomic E-state index is -4.35. The van der Waals surface area contributed by atoms with Crippen LogP contribution in [0.2, 0.25) is 5.02 Å². The summed E-state index contributed by atoms with van der Waals surface area (Å²) in [5.41, 5.74) is 1.75. The molecule has 1 aliphatic carbocycles. The molecule has 1 aliphatic rings. The van der Waals surface area contributed by atoms with Crippen molar-refractivity contribution in [2.24, 2.45) is 0 Å². The molecule has 0 saturated heterocycles. The van der Waals surface area contributed by atoms with Crippen LogP contribution >= 0.6 is 11.6 Å². The molecule has 0 spiro atoms. The molecule has 1 nitrogen and oxygen atoms in total. The van der Waals surface area contributed by atoms with E-state index in [9.17, 15) is 13.2 Å². The Bertz CT molecular complexity index is 667.